The summed E-state index contributed by atoms with van der Waals surface area (Å²) in [5, 5.41) is 2.62. The Morgan fingerprint density at radius 3 is 2.25 bits per heavy atom. The van der Waals surface area contributed by atoms with E-state index >= 15 is 0 Å². The molecule has 40 heavy (non-hydrogen) atoms. The summed E-state index contributed by atoms with van der Waals surface area (Å²) in [7, 11) is 1.24. The minimum Gasteiger partial charge on any atom is -0.444 e. The van der Waals surface area contributed by atoms with Gasteiger partial charge >= 0.3 is 12.3 Å². The van der Waals surface area contributed by atoms with Crippen molar-refractivity contribution >= 4 is 36.5 Å². The highest BCUT2D eigenvalue weighted by atomic mass is 127. The molecular formula is C27H39F3IN3O5S. The van der Waals surface area contributed by atoms with Crippen LogP contribution in [0.4, 0.5) is 18.0 Å². The summed E-state index contributed by atoms with van der Waals surface area (Å²) >= 11 is 2.03. The van der Waals surface area contributed by atoms with Crippen molar-refractivity contribution in [2.24, 2.45) is 0 Å². The van der Waals surface area contributed by atoms with E-state index in [9.17, 15) is 18.0 Å². The third-order valence-electron chi connectivity index (χ3n) is 4.91. The Balaban J connectivity index is 0.00000391. The summed E-state index contributed by atoms with van der Waals surface area (Å²) in [6.45, 7) is 13.3. The van der Waals surface area contributed by atoms with Crippen LogP contribution in [0.1, 0.15) is 63.7 Å². The molecule has 226 valence electrons. The zero-order valence-electron chi connectivity index (χ0n) is 23.8. The highest BCUT2D eigenvalue weighted by molar-refractivity contribution is 14.2. The Morgan fingerprint density at radius 2 is 1.65 bits per heavy atom. The fourth-order valence-corrected chi connectivity index (χ4v) is 3.98. The number of alkyl carbamates (subject to hydrolysis) is 1. The molecule has 13 heteroatoms. The van der Waals surface area contributed by atoms with E-state index in [1.165, 1.54) is 15.4 Å². The number of carbonyl (C=O) groups is 1. The second-order valence-electron chi connectivity index (χ2n) is 9.29. The maximum Gasteiger partial charge on any atom is 0.433 e. The summed E-state index contributed by atoms with van der Waals surface area (Å²) in [4.78, 5) is 20.0. The van der Waals surface area contributed by atoms with Gasteiger partial charge in [0.2, 0.25) is 0 Å². The van der Waals surface area contributed by atoms with Crippen LogP contribution in [0.5, 0.6) is 0 Å². The van der Waals surface area contributed by atoms with Crippen LogP contribution in [0.3, 0.4) is 0 Å². The molecule has 2 heterocycles. The van der Waals surface area contributed by atoms with Crippen LogP contribution in [0.15, 0.2) is 24.4 Å². The second-order valence-corrected chi connectivity index (χ2v) is 10.7. The van der Waals surface area contributed by atoms with Gasteiger partial charge in [-0.15, -0.1) is 0 Å². The SMILES string of the molecule is CC.Cc1cc(CNC(=O)OC(C)(C)C)ncc1-c1cc(CCCOCCOCCOSI)nc(C(F)(F)F)c1. The van der Waals surface area contributed by atoms with Gasteiger partial charge < -0.3 is 23.7 Å². The van der Waals surface area contributed by atoms with Crippen LogP contribution in [-0.4, -0.2) is 54.7 Å². The Kier molecular flexibility index (Phi) is 17.0. The Hall–Kier alpha value is -1.68. The Morgan fingerprint density at radius 1 is 1.00 bits per heavy atom. The van der Waals surface area contributed by atoms with Gasteiger partial charge in [-0.3, -0.25) is 4.98 Å². The first-order valence-corrected chi connectivity index (χ1v) is 16.2. The van der Waals surface area contributed by atoms with E-state index in [0.29, 0.717) is 68.4 Å². The lowest BCUT2D eigenvalue weighted by molar-refractivity contribution is -0.141. The first-order valence-electron chi connectivity index (χ1n) is 13.0. The van der Waals surface area contributed by atoms with E-state index in [1.807, 2.05) is 35.1 Å². The van der Waals surface area contributed by atoms with Gasteiger partial charge in [-0.25, -0.2) is 9.78 Å². The number of hydrogen-bond donors (Lipinski definition) is 1. The zero-order valence-corrected chi connectivity index (χ0v) is 26.8. The first-order chi connectivity index (χ1) is 18.9. The number of ether oxygens (including phenoxy) is 3. The lowest BCUT2D eigenvalue weighted by Crippen LogP contribution is -2.32. The number of nitrogens with one attached hydrogen (secondary N) is 1. The van der Waals surface area contributed by atoms with E-state index in [1.54, 1.807) is 39.8 Å². The smallest absolute Gasteiger partial charge is 0.433 e. The number of amides is 1. The molecule has 0 saturated heterocycles. The van der Waals surface area contributed by atoms with Crippen LogP contribution < -0.4 is 5.32 Å². The number of hydrogen-bond acceptors (Lipinski definition) is 8. The predicted molar refractivity (Wildman–Crippen MR) is 159 cm³/mol. The molecule has 0 fully saturated rings. The van der Waals surface area contributed by atoms with Crippen molar-refractivity contribution in [2.45, 2.75) is 72.7 Å². The van der Waals surface area contributed by atoms with Crippen molar-refractivity contribution in [2.75, 3.05) is 33.0 Å². The fraction of sp³-hybridized carbons (Fsp3) is 0.593. The van der Waals surface area contributed by atoms with Gasteiger partial charge in [-0.1, -0.05) is 13.8 Å². The number of rotatable bonds is 14. The van der Waals surface area contributed by atoms with Crippen molar-refractivity contribution in [1.29, 1.82) is 0 Å². The Labute approximate surface area is 251 Å². The molecule has 0 aromatic carbocycles. The van der Waals surface area contributed by atoms with Crippen LogP contribution in [-0.2, 0) is 37.5 Å². The Bertz CT molecular complexity index is 1040. The number of halogens is 4. The molecular weight excluding hydrogens is 662 g/mol. The van der Waals surface area contributed by atoms with Gasteiger partial charge in [0.15, 0.2) is 0 Å². The molecule has 2 rings (SSSR count). The number of aromatic nitrogens is 2. The van der Waals surface area contributed by atoms with E-state index in [-0.39, 0.29) is 6.54 Å². The zero-order chi connectivity index (χ0) is 30.2. The van der Waals surface area contributed by atoms with Crippen molar-refractivity contribution in [3.8, 4) is 11.1 Å². The summed E-state index contributed by atoms with van der Waals surface area (Å²) in [5.41, 5.74) is 0.936. The topological polar surface area (TPSA) is 91.8 Å². The normalized spacial score (nSPS) is 11.6. The molecule has 0 spiro atoms. The fourth-order valence-electron chi connectivity index (χ4n) is 3.31. The average molecular weight is 702 g/mol. The van der Waals surface area contributed by atoms with Gasteiger partial charge in [0, 0.05) is 45.3 Å². The van der Waals surface area contributed by atoms with Crippen LogP contribution in [0, 0.1) is 6.92 Å². The van der Waals surface area contributed by atoms with Gasteiger partial charge in [0.1, 0.15) is 11.3 Å². The number of carbonyl (C=O) groups excluding carboxylic acids is 1. The number of nitrogens with zero attached hydrogens (tertiary/aromatic N) is 2. The lowest BCUT2D eigenvalue weighted by atomic mass is 10.00. The molecule has 0 aliphatic heterocycles. The quantitative estimate of drug-likeness (QED) is 0.123. The maximum atomic E-state index is 13.6. The van der Waals surface area contributed by atoms with Crippen molar-refractivity contribution in [3.05, 3.63) is 47.0 Å². The van der Waals surface area contributed by atoms with Crippen LogP contribution in [0.2, 0.25) is 0 Å². The maximum absolute atomic E-state index is 13.6. The third-order valence-corrected chi connectivity index (χ3v) is 5.93. The molecule has 0 radical (unpaired) electrons. The number of aryl methyl sites for hydroxylation is 2. The molecule has 2 aromatic heterocycles. The van der Waals surface area contributed by atoms with Crippen molar-refractivity contribution in [3.63, 3.8) is 0 Å². The second kappa shape index (κ2) is 18.7. The van der Waals surface area contributed by atoms with E-state index < -0.39 is 23.6 Å². The lowest BCUT2D eigenvalue weighted by Gasteiger charge is -2.19. The summed E-state index contributed by atoms with van der Waals surface area (Å²) < 4.78 is 61.9. The predicted octanol–water partition coefficient (Wildman–Crippen LogP) is 7.50. The van der Waals surface area contributed by atoms with Crippen molar-refractivity contribution in [1.82, 2.24) is 15.3 Å². The number of pyridine rings is 2. The van der Waals surface area contributed by atoms with E-state index in [4.69, 9.17) is 18.4 Å². The molecule has 0 atom stereocenters. The summed E-state index contributed by atoms with van der Waals surface area (Å²) in [5.74, 6) is 0. The van der Waals surface area contributed by atoms with Crippen LogP contribution >= 0.6 is 30.4 Å². The van der Waals surface area contributed by atoms with Gasteiger partial charge in [0.25, 0.3) is 0 Å². The van der Waals surface area contributed by atoms with Crippen molar-refractivity contribution < 1.29 is 36.4 Å². The average Bonchev–Trinajstić information content (AvgIpc) is 2.88. The molecule has 1 amide bonds. The van der Waals surface area contributed by atoms with Gasteiger partial charge in [-0.05, 0) is 69.9 Å². The number of alkyl halides is 3. The highest BCUT2D eigenvalue weighted by Gasteiger charge is 2.33. The van der Waals surface area contributed by atoms with E-state index in [0.717, 1.165) is 11.6 Å². The molecule has 8 nitrogen and oxygen atoms in total. The molecule has 0 bridgehead atoms. The van der Waals surface area contributed by atoms with Crippen LogP contribution in [0.25, 0.3) is 11.1 Å². The molecule has 0 aliphatic rings. The molecule has 0 unspecified atom stereocenters. The van der Waals surface area contributed by atoms with E-state index in [2.05, 4.69) is 15.3 Å². The summed E-state index contributed by atoms with van der Waals surface area (Å²) in [6, 6.07) is 4.40. The van der Waals surface area contributed by atoms with Gasteiger partial charge in [-0.2, -0.15) is 13.2 Å². The monoisotopic (exact) mass is 701 g/mol. The third kappa shape index (κ3) is 14.8. The standard InChI is InChI=1S/C25H33F3IN3O5S.C2H6/c1-17-12-20(15-31-23(33)37-24(2,3)4)30-16-21(17)18-13-19(32-22(14-18)25(26,27)28)6-5-7-34-8-9-35-10-11-36-38-29;1-2/h12-14,16H,5-11,15H2,1-4H3,(H,31,33);1-2H3. The molecule has 1 N–H and O–H groups in total. The van der Waals surface area contributed by atoms with Gasteiger partial charge in [0.05, 0.1) is 47.9 Å². The highest BCUT2D eigenvalue weighted by Crippen LogP contribution is 2.32. The largest absolute Gasteiger partial charge is 0.444 e. The molecule has 2 aromatic rings. The first kappa shape index (κ1) is 36.3. The minimum atomic E-state index is -4.59. The summed E-state index contributed by atoms with van der Waals surface area (Å²) in [6.07, 6.45) is -2.83. The minimum absolute atomic E-state index is 0.127. The molecule has 0 aliphatic carbocycles. The molecule has 0 saturated carbocycles.